The van der Waals surface area contributed by atoms with Crippen LogP contribution in [0.2, 0.25) is 0 Å². The summed E-state index contributed by atoms with van der Waals surface area (Å²) in [5.41, 5.74) is 1.07. The monoisotopic (exact) mass is 326 g/mol. The van der Waals surface area contributed by atoms with E-state index < -0.39 is 0 Å². The molecule has 2 N–H and O–H groups in total. The van der Waals surface area contributed by atoms with E-state index in [2.05, 4.69) is 46.8 Å². The van der Waals surface area contributed by atoms with Crippen molar-refractivity contribution >= 4 is 17.3 Å². The van der Waals surface area contributed by atoms with Gasteiger partial charge in [0.1, 0.15) is 0 Å². The van der Waals surface area contributed by atoms with E-state index >= 15 is 0 Å². The minimum atomic E-state index is 0.293. The summed E-state index contributed by atoms with van der Waals surface area (Å²) < 4.78 is 5.75. The molecule has 6 heteroatoms. The third-order valence-corrected chi connectivity index (χ3v) is 4.45. The zero-order chi connectivity index (χ0) is 16.4. The van der Waals surface area contributed by atoms with Gasteiger partial charge in [0, 0.05) is 25.6 Å². The topological polar surface area (TPSA) is 58.5 Å². The van der Waals surface area contributed by atoms with Crippen LogP contribution in [-0.4, -0.2) is 37.2 Å². The molecular formula is C16H30N4OS. The molecule has 0 aromatic carbocycles. The lowest BCUT2D eigenvalue weighted by molar-refractivity contribution is 0.0258. The van der Waals surface area contributed by atoms with Gasteiger partial charge in [-0.2, -0.15) is 0 Å². The maximum atomic E-state index is 5.75. The third-order valence-electron chi connectivity index (χ3n) is 3.41. The lowest BCUT2D eigenvalue weighted by Crippen LogP contribution is -2.39. The molecule has 0 radical (unpaired) electrons. The standard InChI is InChI=1S/C16H30N4OS/c1-6-15-20-13(11-22-15)10-19-16(17-5)18-9-8-14(12(3)4)21-7-2/h11-12,14H,6-10H2,1-5H3,(H2,17,18,19). The second-order valence-corrected chi connectivity index (χ2v) is 6.41. The van der Waals surface area contributed by atoms with E-state index in [0.717, 1.165) is 37.6 Å². The van der Waals surface area contributed by atoms with Crippen molar-refractivity contribution in [3.8, 4) is 0 Å². The second-order valence-electron chi connectivity index (χ2n) is 5.47. The zero-order valence-corrected chi connectivity index (χ0v) is 15.3. The quantitative estimate of drug-likeness (QED) is 0.541. The highest BCUT2D eigenvalue weighted by Gasteiger charge is 2.13. The van der Waals surface area contributed by atoms with E-state index in [1.807, 2.05) is 6.92 Å². The van der Waals surface area contributed by atoms with Crippen molar-refractivity contribution in [1.82, 2.24) is 15.6 Å². The molecule has 1 atom stereocenters. The van der Waals surface area contributed by atoms with Crippen LogP contribution in [0.3, 0.4) is 0 Å². The Bertz CT molecular complexity index is 445. The molecule has 0 saturated heterocycles. The van der Waals surface area contributed by atoms with Gasteiger partial charge in [-0.25, -0.2) is 4.98 Å². The van der Waals surface area contributed by atoms with Crippen LogP contribution in [-0.2, 0) is 17.7 Å². The maximum Gasteiger partial charge on any atom is 0.191 e. The molecule has 0 fully saturated rings. The Labute approximate surface area is 138 Å². The van der Waals surface area contributed by atoms with Crippen LogP contribution >= 0.6 is 11.3 Å². The Morgan fingerprint density at radius 2 is 2.14 bits per heavy atom. The van der Waals surface area contributed by atoms with Crippen molar-refractivity contribution in [2.75, 3.05) is 20.2 Å². The summed E-state index contributed by atoms with van der Waals surface area (Å²) >= 11 is 1.71. The summed E-state index contributed by atoms with van der Waals surface area (Å²) in [6, 6.07) is 0. The van der Waals surface area contributed by atoms with Gasteiger partial charge in [-0.05, 0) is 25.7 Å². The first-order valence-electron chi connectivity index (χ1n) is 8.10. The van der Waals surface area contributed by atoms with Gasteiger partial charge in [-0.1, -0.05) is 20.8 Å². The molecule has 0 saturated carbocycles. The van der Waals surface area contributed by atoms with Gasteiger partial charge in [0.25, 0.3) is 0 Å². The Morgan fingerprint density at radius 3 is 2.68 bits per heavy atom. The molecule has 5 nitrogen and oxygen atoms in total. The predicted molar refractivity (Wildman–Crippen MR) is 94.6 cm³/mol. The number of hydrogen-bond acceptors (Lipinski definition) is 4. The summed E-state index contributed by atoms with van der Waals surface area (Å²) in [6.45, 7) is 10.9. The summed E-state index contributed by atoms with van der Waals surface area (Å²) in [5.74, 6) is 1.34. The fraction of sp³-hybridized carbons (Fsp3) is 0.750. The zero-order valence-electron chi connectivity index (χ0n) is 14.5. The normalized spacial score (nSPS) is 13.5. The number of aryl methyl sites for hydroxylation is 1. The van der Waals surface area contributed by atoms with Gasteiger partial charge < -0.3 is 15.4 Å². The minimum absolute atomic E-state index is 0.293. The predicted octanol–water partition coefficient (Wildman–Crippen LogP) is 2.82. The van der Waals surface area contributed by atoms with Crippen LogP contribution in [0.25, 0.3) is 0 Å². The summed E-state index contributed by atoms with van der Waals surface area (Å²) in [5, 5.41) is 9.92. The van der Waals surface area contributed by atoms with Gasteiger partial charge in [0.2, 0.25) is 0 Å². The van der Waals surface area contributed by atoms with E-state index in [1.54, 1.807) is 18.4 Å². The highest BCUT2D eigenvalue weighted by Crippen LogP contribution is 2.10. The number of nitrogens with zero attached hydrogens (tertiary/aromatic N) is 2. The van der Waals surface area contributed by atoms with Crippen molar-refractivity contribution in [2.24, 2.45) is 10.9 Å². The first-order valence-corrected chi connectivity index (χ1v) is 8.98. The van der Waals surface area contributed by atoms with Crippen LogP contribution in [0.5, 0.6) is 0 Å². The smallest absolute Gasteiger partial charge is 0.191 e. The van der Waals surface area contributed by atoms with Gasteiger partial charge in [0.05, 0.1) is 23.4 Å². The highest BCUT2D eigenvalue weighted by molar-refractivity contribution is 7.09. The number of aliphatic imine (C=N–C) groups is 1. The third kappa shape index (κ3) is 6.75. The van der Waals surface area contributed by atoms with Gasteiger partial charge in [0.15, 0.2) is 5.96 Å². The van der Waals surface area contributed by atoms with Gasteiger partial charge in [-0.3, -0.25) is 4.99 Å². The largest absolute Gasteiger partial charge is 0.378 e. The summed E-state index contributed by atoms with van der Waals surface area (Å²) in [4.78, 5) is 8.79. The van der Waals surface area contributed by atoms with Crippen LogP contribution in [0.1, 0.15) is 44.8 Å². The molecule has 0 bridgehead atoms. The number of rotatable bonds is 9. The van der Waals surface area contributed by atoms with E-state index in [1.165, 1.54) is 5.01 Å². The number of guanidine groups is 1. The molecule has 1 rings (SSSR count). The van der Waals surface area contributed by atoms with Crippen molar-refractivity contribution < 1.29 is 4.74 Å². The highest BCUT2D eigenvalue weighted by atomic mass is 32.1. The molecule has 0 amide bonds. The second kappa shape index (κ2) is 10.6. The van der Waals surface area contributed by atoms with Crippen LogP contribution in [0.15, 0.2) is 10.4 Å². The van der Waals surface area contributed by atoms with Gasteiger partial charge in [-0.15, -0.1) is 11.3 Å². The summed E-state index contributed by atoms with van der Waals surface area (Å²) in [7, 11) is 1.79. The average Bonchev–Trinajstić information content (AvgIpc) is 2.97. The lowest BCUT2D eigenvalue weighted by atomic mass is 10.0. The lowest BCUT2D eigenvalue weighted by Gasteiger charge is -2.21. The van der Waals surface area contributed by atoms with Crippen LogP contribution in [0, 0.1) is 5.92 Å². The number of nitrogens with one attached hydrogen (secondary N) is 2. The molecule has 1 aromatic heterocycles. The average molecular weight is 327 g/mol. The Kier molecular flexibility index (Phi) is 9.08. The Hall–Kier alpha value is -1.14. The number of ether oxygens (including phenoxy) is 1. The van der Waals surface area contributed by atoms with Crippen molar-refractivity contribution in [2.45, 2.75) is 53.2 Å². The van der Waals surface area contributed by atoms with E-state index in [9.17, 15) is 0 Å². The molecule has 1 aromatic rings. The van der Waals surface area contributed by atoms with E-state index in [0.29, 0.717) is 18.6 Å². The minimum Gasteiger partial charge on any atom is -0.378 e. The molecule has 0 spiro atoms. The number of hydrogen-bond donors (Lipinski definition) is 2. The van der Waals surface area contributed by atoms with Crippen molar-refractivity contribution in [1.29, 1.82) is 0 Å². The number of thiazole rings is 1. The SMILES string of the molecule is CCOC(CCNC(=NC)NCc1csc(CC)n1)C(C)C. The molecule has 22 heavy (non-hydrogen) atoms. The Morgan fingerprint density at radius 1 is 1.36 bits per heavy atom. The fourth-order valence-corrected chi connectivity index (χ4v) is 2.89. The summed E-state index contributed by atoms with van der Waals surface area (Å²) in [6.07, 6.45) is 2.26. The fourth-order valence-electron chi connectivity index (χ4n) is 2.14. The molecule has 0 aliphatic carbocycles. The molecular weight excluding hydrogens is 296 g/mol. The molecule has 0 aliphatic rings. The number of aromatic nitrogens is 1. The van der Waals surface area contributed by atoms with E-state index in [4.69, 9.17) is 4.74 Å². The Balaban J connectivity index is 2.33. The van der Waals surface area contributed by atoms with Gasteiger partial charge >= 0.3 is 0 Å². The van der Waals surface area contributed by atoms with E-state index in [-0.39, 0.29) is 0 Å². The maximum absolute atomic E-state index is 5.75. The van der Waals surface area contributed by atoms with Crippen LogP contribution < -0.4 is 10.6 Å². The first-order chi connectivity index (χ1) is 10.6. The van der Waals surface area contributed by atoms with Crippen molar-refractivity contribution in [3.05, 3.63) is 16.1 Å². The molecule has 126 valence electrons. The van der Waals surface area contributed by atoms with Crippen LogP contribution in [0.4, 0.5) is 0 Å². The molecule has 0 aliphatic heterocycles. The van der Waals surface area contributed by atoms with Crippen molar-refractivity contribution in [3.63, 3.8) is 0 Å². The molecule has 1 heterocycles. The molecule has 1 unspecified atom stereocenters. The first kappa shape index (κ1) is 18.9.